The van der Waals surface area contributed by atoms with Gasteiger partial charge in [-0.05, 0) is 25.0 Å². The van der Waals surface area contributed by atoms with Crippen LogP contribution in [0.1, 0.15) is 24.6 Å². The van der Waals surface area contributed by atoms with Crippen molar-refractivity contribution in [1.29, 1.82) is 0 Å². The summed E-state index contributed by atoms with van der Waals surface area (Å²) in [5, 5.41) is 6.44. The first-order chi connectivity index (χ1) is 9.22. The number of aromatic nitrogens is 4. The maximum absolute atomic E-state index is 11.1. The van der Waals surface area contributed by atoms with Gasteiger partial charge in [-0.15, -0.1) is 0 Å². The zero-order chi connectivity index (χ0) is 13.2. The van der Waals surface area contributed by atoms with E-state index in [4.69, 9.17) is 0 Å². The molecule has 2 aromatic rings. The molecule has 0 radical (unpaired) electrons. The van der Waals surface area contributed by atoms with E-state index in [1.54, 1.807) is 6.20 Å². The van der Waals surface area contributed by atoms with Crippen molar-refractivity contribution in [3.8, 4) is 0 Å². The van der Waals surface area contributed by atoms with Gasteiger partial charge in [0.15, 0.2) is 0 Å². The van der Waals surface area contributed by atoms with Crippen molar-refractivity contribution in [3.63, 3.8) is 0 Å². The lowest BCUT2D eigenvalue weighted by molar-refractivity contribution is 0.484. The molecule has 0 saturated carbocycles. The molecule has 0 unspecified atom stereocenters. The van der Waals surface area contributed by atoms with Gasteiger partial charge in [0.1, 0.15) is 11.6 Å². The Morgan fingerprint density at radius 2 is 2.16 bits per heavy atom. The number of rotatable bonds is 2. The molecule has 2 aromatic heterocycles. The minimum absolute atomic E-state index is 0.230. The molecule has 6 nitrogen and oxygen atoms in total. The molecule has 0 bridgehead atoms. The second-order valence-electron chi connectivity index (χ2n) is 4.66. The zero-order valence-electron chi connectivity index (χ0n) is 10.3. The summed E-state index contributed by atoms with van der Waals surface area (Å²) in [5.41, 5.74) is -0.230. The van der Waals surface area contributed by atoms with Crippen molar-refractivity contribution >= 4 is 21.7 Å². The first-order valence-corrected chi connectivity index (χ1v) is 7.03. The SMILES string of the molecule is O=c1[nH]nc(C2CCN(c3cc(Br)ccn3)CC2)[nH]1. The van der Waals surface area contributed by atoms with Crippen molar-refractivity contribution in [3.05, 3.63) is 39.1 Å². The lowest BCUT2D eigenvalue weighted by atomic mass is 9.96. The van der Waals surface area contributed by atoms with Gasteiger partial charge in [-0.1, -0.05) is 15.9 Å². The number of halogens is 1. The molecule has 1 saturated heterocycles. The summed E-state index contributed by atoms with van der Waals surface area (Å²) in [6.07, 6.45) is 3.74. The quantitative estimate of drug-likeness (QED) is 0.880. The van der Waals surface area contributed by atoms with E-state index in [2.05, 4.69) is 41.0 Å². The van der Waals surface area contributed by atoms with Gasteiger partial charge in [0.25, 0.3) is 0 Å². The first-order valence-electron chi connectivity index (χ1n) is 6.23. The van der Waals surface area contributed by atoms with E-state index < -0.39 is 0 Å². The lowest BCUT2D eigenvalue weighted by Gasteiger charge is -2.31. The third kappa shape index (κ3) is 2.70. The number of nitrogens with zero attached hydrogens (tertiary/aromatic N) is 3. The van der Waals surface area contributed by atoms with Crippen molar-refractivity contribution in [2.45, 2.75) is 18.8 Å². The Morgan fingerprint density at radius 3 is 2.79 bits per heavy atom. The standard InChI is InChI=1S/C12H14BrN5O/c13-9-1-4-14-10(7-9)18-5-2-8(3-6-18)11-15-12(19)17-16-11/h1,4,7-8H,2-3,5-6H2,(H2,15,16,17,19). The molecule has 2 N–H and O–H groups in total. The van der Waals surface area contributed by atoms with E-state index in [-0.39, 0.29) is 5.69 Å². The molecule has 1 fully saturated rings. The molecular weight excluding hydrogens is 310 g/mol. The van der Waals surface area contributed by atoms with Crippen LogP contribution in [-0.2, 0) is 0 Å². The van der Waals surface area contributed by atoms with Crippen molar-refractivity contribution in [1.82, 2.24) is 20.2 Å². The average Bonchev–Trinajstić information content (AvgIpc) is 2.86. The van der Waals surface area contributed by atoms with Crippen LogP contribution in [0.3, 0.4) is 0 Å². The van der Waals surface area contributed by atoms with Gasteiger partial charge in [0.05, 0.1) is 0 Å². The van der Waals surface area contributed by atoms with E-state index in [1.807, 2.05) is 12.1 Å². The van der Waals surface area contributed by atoms with Crippen LogP contribution < -0.4 is 10.6 Å². The Hall–Kier alpha value is -1.63. The van der Waals surface area contributed by atoms with Gasteiger partial charge in [0.2, 0.25) is 0 Å². The third-order valence-corrected chi connectivity index (χ3v) is 3.93. The van der Waals surface area contributed by atoms with Crippen LogP contribution in [0.2, 0.25) is 0 Å². The highest BCUT2D eigenvalue weighted by molar-refractivity contribution is 9.10. The van der Waals surface area contributed by atoms with Gasteiger partial charge in [0, 0.05) is 29.7 Å². The highest BCUT2D eigenvalue weighted by Gasteiger charge is 2.23. The second-order valence-corrected chi connectivity index (χ2v) is 5.57. The van der Waals surface area contributed by atoms with Crippen molar-refractivity contribution in [2.24, 2.45) is 0 Å². The molecule has 1 aliphatic heterocycles. The number of nitrogens with one attached hydrogen (secondary N) is 2. The molecule has 0 atom stereocenters. The summed E-state index contributed by atoms with van der Waals surface area (Å²) >= 11 is 3.46. The van der Waals surface area contributed by atoms with Gasteiger partial charge in [-0.25, -0.2) is 14.9 Å². The van der Waals surface area contributed by atoms with Crippen molar-refractivity contribution < 1.29 is 0 Å². The molecule has 0 spiro atoms. The van der Waals surface area contributed by atoms with Crippen LogP contribution in [-0.4, -0.2) is 33.3 Å². The van der Waals surface area contributed by atoms with E-state index in [0.717, 1.165) is 42.0 Å². The molecule has 0 aromatic carbocycles. The predicted octanol–water partition coefficient (Wildman–Crippen LogP) is 1.64. The Labute approximate surface area is 118 Å². The monoisotopic (exact) mass is 323 g/mol. The fourth-order valence-electron chi connectivity index (χ4n) is 2.43. The van der Waals surface area contributed by atoms with Gasteiger partial charge in [-0.3, -0.25) is 4.98 Å². The summed E-state index contributed by atoms with van der Waals surface area (Å²) < 4.78 is 1.04. The molecule has 0 amide bonds. The summed E-state index contributed by atoms with van der Waals surface area (Å²) in [4.78, 5) is 20.4. The number of hydrogen-bond donors (Lipinski definition) is 2. The van der Waals surface area contributed by atoms with Crippen LogP contribution in [0.25, 0.3) is 0 Å². The van der Waals surface area contributed by atoms with Crippen LogP contribution in [0.15, 0.2) is 27.6 Å². The molecule has 0 aliphatic carbocycles. The Bertz CT molecular complexity index is 614. The smallest absolute Gasteiger partial charge is 0.340 e. The van der Waals surface area contributed by atoms with E-state index in [0.29, 0.717) is 5.92 Å². The first kappa shape index (κ1) is 12.4. The Morgan fingerprint density at radius 1 is 1.37 bits per heavy atom. The lowest BCUT2D eigenvalue weighted by Crippen LogP contribution is -2.33. The zero-order valence-corrected chi connectivity index (χ0v) is 11.9. The maximum Gasteiger partial charge on any atom is 0.340 e. The van der Waals surface area contributed by atoms with Gasteiger partial charge in [-0.2, -0.15) is 5.10 Å². The third-order valence-electron chi connectivity index (χ3n) is 3.43. The molecule has 1 aliphatic rings. The number of anilines is 1. The molecule has 7 heteroatoms. The van der Waals surface area contributed by atoms with Crippen LogP contribution in [0.4, 0.5) is 5.82 Å². The fourth-order valence-corrected chi connectivity index (χ4v) is 2.75. The molecule has 3 rings (SSSR count). The molecular formula is C12H14BrN5O. The molecule has 19 heavy (non-hydrogen) atoms. The number of aromatic amines is 2. The number of H-pyrrole nitrogens is 2. The van der Waals surface area contributed by atoms with Crippen LogP contribution >= 0.6 is 15.9 Å². The predicted molar refractivity (Wildman–Crippen MR) is 75.3 cm³/mol. The van der Waals surface area contributed by atoms with Crippen molar-refractivity contribution in [2.75, 3.05) is 18.0 Å². The summed E-state index contributed by atoms with van der Waals surface area (Å²) in [6, 6.07) is 3.95. The highest BCUT2D eigenvalue weighted by Crippen LogP contribution is 2.27. The fraction of sp³-hybridized carbons (Fsp3) is 0.417. The second kappa shape index (κ2) is 5.16. The molecule has 3 heterocycles. The average molecular weight is 324 g/mol. The Balaban J connectivity index is 1.68. The Kier molecular flexibility index (Phi) is 3.37. The van der Waals surface area contributed by atoms with E-state index >= 15 is 0 Å². The minimum Gasteiger partial charge on any atom is -0.357 e. The van der Waals surface area contributed by atoms with Gasteiger partial charge >= 0.3 is 5.69 Å². The largest absolute Gasteiger partial charge is 0.357 e. The normalized spacial score (nSPS) is 16.8. The number of pyridine rings is 1. The highest BCUT2D eigenvalue weighted by atomic mass is 79.9. The van der Waals surface area contributed by atoms with Gasteiger partial charge < -0.3 is 4.90 Å². The van der Waals surface area contributed by atoms with E-state index in [9.17, 15) is 4.79 Å². The minimum atomic E-state index is -0.230. The number of hydrogen-bond acceptors (Lipinski definition) is 4. The topological polar surface area (TPSA) is 77.7 Å². The maximum atomic E-state index is 11.1. The summed E-state index contributed by atoms with van der Waals surface area (Å²) in [5.74, 6) is 2.08. The summed E-state index contributed by atoms with van der Waals surface area (Å²) in [6.45, 7) is 1.84. The molecule has 100 valence electrons. The van der Waals surface area contributed by atoms with Crippen LogP contribution in [0.5, 0.6) is 0 Å². The van der Waals surface area contributed by atoms with E-state index in [1.165, 1.54) is 0 Å². The van der Waals surface area contributed by atoms with Crippen LogP contribution in [0, 0.1) is 0 Å². The number of piperidine rings is 1. The summed E-state index contributed by atoms with van der Waals surface area (Å²) in [7, 11) is 0.